The lowest BCUT2D eigenvalue weighted by atomic mass is 9.81. The molecular weight excluding hydrogens is 330 g/mol. The predicted octanol–water partition coefficient (Wildman–Crippen LogP) is 3.02. The predicted molar refractivity (Wildman–Crippen MR) is 76.3 cm³/mol. The summed E-state index contributed by atoms with van der Waals surface area (Å²) in [4.78, 5) is 14.8. The summed E-state index contributed by atoms with van der Waals surface area (Å²) in [6.45, 7) is 0.993. The van der Waals surface area contributed by atoms with Crippen molar-refractivity contribution in [3.8, 4) is 5.75 Å². The Morgan fingerprint density at radius 1 is 1.25 bits per heavy atom. The lowest BCUT2D eigenvalue weighted by Crippen LogP contribution is -2.55. The van der Waals surface area contributed by atoms with Gasteiger partial charge in [0.05, 0.1) is 18.8 Å². The van der Waals surface area contributed by atoms with Gasteiger partial charge in [0.1, 0.15) is 11.6 Å². The number of halogens is 4. The SMILES string of the molecule is CN1C2COCC1CC(C(=O)c1cc(OC(F)(F)F)ccc1F)C2. The molecule has 1 aromatic rings. The molecule has 2 saturated heterocycles. The molecular formula is C16H17F4NO3. The second-order valence-corrected chi connectivity index (χ2v) is 6.23. The number of ketones is 1. The zero-order valence-corrected chi connectivity index (χ0v) is 13.0. The normalized spacial score (nSPS) is 27.8. The highest BCUT2D eigenvalue weighted by atomic mass is 19.4. The third-order valence-electron chi connectivity index (χ3n) is 4.69. The average molecular weight is 347 g/mol. The van der Waals surface area contributed by atoms with E-state index in [1.807, 2.05) is 7.05 Å². The van der Waals surface area contributed by atoms with E-state index in [0.717, 1.165) is 18.2 Å². The molecule has 0 aromatic heterocycles. The van der Waals surface area contributed by atoms with Gasteiger partial charge in [-0.3, -0.25) is 9.69 Å². The van der Waals surface area contributed by atoms with Crippen molar-refractivity contribution in [3.05, 3.63) is 29.6 Å². The van der Waals surface area contributed by atoms with E-state index in [9.17, 15) is 22.4 Å². The Labute approximate surface area is 136 Å². The van der Waals surface area contributed by atoms with Crippen LogP contribution in [0.1, 0.15) is 23.2 Å². The maximum Gasteiger partial charge on any atom is 0.573 e. The van der Waals surface area contributed by atoms with E-state index in [2.05, 4.69) is 9.64 Å². The summed E-state index contributed by atoms with van der Waals surface area (Å²) in [5, 5.41) is 0. The van der Waals surface area contributed by atoms with Crippen LogP contribution in [0.4, 0.5) is 17.6 Å². The van der Waals surface area contributed by atoms with Crippen molar-refractivity contribution in [2.75, 3.05) is 20.3 Å². The highest BCUT2D eigenvalue weighted by molar-refractivity contribution is 5.98. The van der Waals surface area contributed by atoms with Gasteiger partial charge in [-0.15, -0.1) is 13.2 Å². The molecule has 2 fully saturated rings. The molecule has 2 heterocycles. The number of piperidine rings is 1. The van der Waals surface area contributed by atoms with Crippen LogP contribution in [-0.4, -0.2) is 49.4 Å². The van der Waals surface area contributed by atoms with Crippen LogP contribution in [0.2, 0.25) is 0 Å². The van der Waals surface area contributed by atoms with Crippen molar-refractivity contribution in [2.24, 2.45) is 5.92 Å². The van der Waals surface area contributed by atoms with E-state index in [4.69, 9.17) is 4.74 Å². The van der Waals surface area contributed by atoms with Gasteiger partial charge in [0.25, 0.3) is 0 Å². The van der Waals surface area contributed by atoms with Gasteiger partial charge in [-0.05, 0) is 38.1 Å². The zero-order chi connectivity index (χ0) is 17.5. The van der Waals surface area contributed by atoms with E-state index < -0.39 is 29.6 Å². The van der Waals surface area contributed by atoms with Crippen molar-refractivity contribution in [3.63, 3.8) is 0 Å². The molecule has 0 N–H and O–H groups in total. The van der Waals surface area contributed by atoms with Crippen LogP contribution < -0.4 is 4.74 Å². The smallest absolute Gasteiger partial charge is 0.406 e. The van der Waals surface area contributed by atoms with Gasteiger partial charge < -0.3 is 9.47 Å². The fourth-order valence-corrected chi connectivity index (χ4v) is 3.42. The van der Waals surface area contributed by atoms with Crippen LogP contribution >= 0.6 is 0 Å². The minimum atomic E-state index is -4.89. The Balaban J connectivity index is 1.81. The molecule has 0 amide bonds. The number of hydrogen-bond acceptors (Lipinski definition) is 4. The standard InChI is InChI=1S/C16H17F4NO3/c1-21-10-4-9(5-11(21)8-23-7-10)15(22)13-6-12(2-3-14(13)17)24-16(18,19)20/h2-3,6,9-11H,4-5,7-8H2,1H3. The summed E-state index contributed by atoms with van der Waals surface area (Å²) >= 11 is 0. The molecule has 2 atom stereocenters. The topological polar surface area (TPSA) is 38.8 Å². The number of ether oxygens (including phenoxy) is 2. The lowest BCUT2D eigenvalue weighted by molar-refractivity contribution is -0.274. The van der Waals surface area contributed by atoms with Gasteiger partial charge in [-0.2, -0.15) is 0 Å². The van der Waals surface area contributed by atoms with Crippen molar-refractivity contribution in [2.45, 2.75) is 31.3 Å². The summed E-state index contributed by atoms with van der Waals surface area (Å²) in [5.74, 6) is -2.35. The van der Waals surface area contributed by atoms with E-state index in [1.165, 1.54) is 0 Å². The summed E-state index contributed by atoms with van der Waals surface area (Å²) in [7, 11) is 1.96. The first kappa shape index (κ1) is 17.2. The fraction of sp³-hybridized carbons (Fsp3) is 0.562. The van der Waals surface area contributed by atoms with Crippen LogP contribution in [0.15, 0.2) is 18.2 Å². The van der Waals surface area contributed by atoms with Crippen molar-refractivity contribution >= 4 is 5.78 Å². The number of carbonyl (C=O) groups is 1. The van der Waals surface area contributed by atoms with Gasteiger partial charge in [0.2, 0.25) is 0 Å². The maximum atomic E-state index is 14.0. The molecule has 8 heteroatoms. The number of hydrogen-bond donors (Lipinski definition) is 0. The first-order chi connectivity index (χ1) is 11.2. The molecule has 2 unspecified atom stereocenters. The molecule has 0 aliphatic carbocycles. The van der Waals surface area contributed by atoms with Crippen LogP contribution in [-0.2, 0) is 4.74 Å². The monoisotopic (exact) mass is 347 g/mol. The van der Waals surface area contributed by atoms with Gasteiger partial charge in [0.15, 0.2) is 5.78 Å². The minimum absolute atomic E-state index is 0.0594. The summed E-state index contributed by atoms with van der Waals surface area (Å²) in [6.07, 6.45) is -3.90. The second kappa shape index (κ2) is 6.33. The molecule has 3 rings (SSSR count). The van der Waals surface area contributed by atoms with Crippen LogP contribution in [0, 0.1) is 11.7 Å². The number of Topliss-reactive ketones (excluding diaryl/α,β-unsaturated/α-hetero) is 1. The first-order valence-electron chi connectivity index (χ1n) is 7.64. The number of carbonyl (C=O) groups excluding carboxylic acids is 1. The Kier molecular flexibility index (Phi) is 4.52. The average Bonchev–Trinajstić information content (AvgIpc) is 2.47. The molecule has 0 radical (unpaired) electrons. The van der Waals surface area contributed by atoms with Gasteiger partial charge in [-0.25, -0.2) is 4.39 Å². The largest absolute Gasteiger partial charge is 0.573 e. The summed E-state index contributed by atoms with van der Waals surface area (Å²) in [5.41, 5.74) is -0.356. The van der Waals surface area contributed by atoms with Crippen LogP contribution in [0.25, 0.3) is 0 Å². The molecule has 2 aliphatic rings. The third-order valence-corrected chi connectivity index (χ3v) is 4.69. The Bertz CT molecular complexity index is 620. The molecule has 132 valence electrons. The second-order valence-electron chi connectivity index (χ2n) is 6.23. The minimum Gasteiger partial charge on any atom is -0.406 e. The third kappa shape index (κ3) is 3.54. The quantitative estimate of drug-likeness (QED) is 0.622. The Hall–Kier alpha value is -1.67. The molecule has 2 bridgehead atoms. The molecule has 0 spiro atoms. The number of fused-ring (bicyclic) bond motifs is 2. The molecule has 24 heavy (non-hydrogen) atoms. The van der Waals surface area contributed by atoms with E-state index in [-0.39, 0.29) is 17.6 Å². The van der Waals surface area contributed by atoms with Crippen molar-refractivity contribution in [1.29, 1.82) is 0 Å². The number of morpholine rings is 1. The number of benzene rings is 1. The van der Waals surface area contributed by atoms with E-state index in [1.54, 1.807) is 0 Å². The van der Waals surface area contributed by atoms with Crippen LogP contribution in [0.5, 0.6) is 5.75 Å². The van der Waals surface area contributed by atoms with E-state index >= 15 is 0 Å². The van der Waals surface area contributed by atoms with Gasteiger partial charge in [0, 0.05) is 18.0 Å². The van der Waals surface area contributed by atoms with E-state index in [0.29, 0.717) is 26.1 Å². The fourth-order valence-electron chi connectivity index (χ4n) is 3.42. The highest BCUT2D eigenvalue weighted by Crippen LogP contribution is 2.34. The number of likely N-dealkylation sites (N-methyl/N-ethyl adjacent to an activating group) is 1. The van der Waals surface area contributed by atoms with Gasteiger partial charge in [-0.1, -0.05) is 0 Å². The number of rotatable bonds is 3. The Morgan fingerprint density at radius 2 is 1.88 bits per heavy atom. The molecule has 0 saturated carbocycles. The molecule has 4 nitrogen and oxygen atoms in total. The maximum absolute atomic E-state index is 14.0. The zero-order valence-electron chi connectivity index (χ0n) is 13.0. The first-order valence-corrected chi connectivity index (χ1v) is 7.64. The molecule has 1 aromatic carbocycles. The number of alkyl halides is 3. The number of nitrogens with zero attached hydrogens (tertiary/aromatic N) is 1. The highest BCUT2D eigenvalue weighted by Gasteiger charge is 2.40. The lowest BCUT2D eigenvalue weighted by Gasteiger charge is -2.46. The van der Waals surface area contributed by atoms with Crippen molar-refractivity contribution in [1.82, 2.24) is 4.90 Å². The van der Waals surface area contributed by atoms with Crippen LogP contribution in [0.3, 0.4) is 0 Å². The Morgan fingerprint density at radius 3 is 2.46 bits per heavy atom. The van der Waals surface area contributed by atoms with Gasteiger partial charge >= 0.3 is 6.36 Å². The molecule has 2 aliphatic heterocycles. The summed E-state index contributed by atoms with van der Waals surface area (Å²) in [6, 6.07) is 2.63. The van der Waals surface area contributed by atoms with Crippen molar-refractivity contribution < 1.29 is 31.8 Å². The summed E-state index contributed by atoms with van der Waals surface area (Å²) < 4.78 is 60.2.